The molecule has 1 N–H and O–H groups in total. The van der Waals surface area contributed by atoms with E-state index in [4.69, 9.17) is 9.47 Å². The molecule has 1 amide bonds. The van der Waals surface area contributed by atoms with Crippen molar-refractivity contribution in [2.45, 2.75) is 38.4 Å². The van der Waals surface area contributed by atoms with Gasteiger partial charge in [0.2, 0.25) is 0 Å². The van der Waals surface area contributed by atoms with Crippen molar-refractivity contribution in [3.63, 3.8) is 0 Å². The zero-order valence-corrected chi connectivity index (χ0v) is 18.4. The van der Waals surface area contributed by atoms with Crippen molar-refractivity contribution < 1.29 is 14.3 Å². The van der Waals surface area contributed by atoms with Gasteiger partial charge in [0, 0.05) is 36.4 Å². The Bertz CT molecular complexity index is 943. The van der Waals surface area contributed by atoms with Crippen LogP contribution in [0.25, 0.3) is 0 Å². The van der Waals surface area contributed by atoms with Crippen LogP contribution in [0.2, 0.25) is 0 Å². The van der Waals surface area contributed by atoms with E-state index < -0.39 is 0 Å². The third-order valence-corrected chi connectivity index (χ3v) is 6.57. The van der Waals surface area contributed by atoms with Gasteiger partial charge in [-0.25, -0.2) is 0 Å². The number of nitrogens with one attached hydrogen (secondary N) is 1. The van der Waals surface area contributed by atoms with E-state index >= 15 is 0 Å². The number of piperazine rings is 1. The van der Waals surface area contributed by atoms with E-state index in [1.165, 1.54) is 6.42 Å². The minimum atomic E-state index is -0.156. The number of hydrogen-bond donors (Lipinski definition) is 1. The molecule has 6 heteroatoms. The van der Waals surface area contributed by atoms with Crippen LogP contribution in [0.1, 0.15) is 40.9 Å². The quantitative estimate of drug-likeness (QED) is 0.793. The Morgan fingerprint density at radius 1 is 1.07 bits per heavy atom. The molecule has 2 aromatic rings. The first-order chi connectivity index (χ1) is 14.4. The van der Waals surface area contributed by atoms with Crippen molar-refractivity contribution >= 4 is 11.6 Å². The fraction of sp³-hybridized carbons (Fsp3) is 0.458. The maximum Gasteiger partial charge on any atom is 0.252 e. The summed E-state index contributed by atoms with van der Waals surface area (Å²) in [5, 5.41) is 3.14. The van der Waals surface area contributed by atoms with Gasteiger partial charge in [-0.1, -0.05) is 12.1 Å². The Balaban J connectivity index is 1.51. The molecule has 0 aliphatic carbocycles. The van der Waals surface area contributed by atoms with E-state index in [2.05, 4.69) is 34.3 Å². The molecule has 4 rings (SSSR count). The molecule has 6 nitrogen and oxygen atoms in total. The number of nitrogens with zero attached hydrogens (tertiary/aromatic N) is 2. The van der Waals surface area contributed by atoms with Crippen molar-refractivity contribution in [1.82, 2.24) is 10.2 Å². The number of rotatable bonds is 6. The maximum absolute atomic E-state index is 13.1. The smallest absolute Gasteiger partial charge is 0.252 e. The van der Waals surface area contributed by atoms with Gasteiger partial charge in [-0.2, -0.15) is 0 Å². The summed E-state index contributed by atoms with van der Waals surface area (Å²) in [5.41, 5.74) is 3.83. The Hall–Kier alpha value is -2.73. The first-order valence-electron chi connectivity index (χ1n) is 10.5. The predicted octanol–water partition coefficient (Wildman–Crippen LogP) is 3.40. The molecule has 0 aromatic heterocycles. The van der Waals surface area contributed by atoms with Crippen molar-refractivity contribution in [3.8, 4) is 11.5 Å². The highest BCUT2D eigenvalue weighted by atomic mass is 16.5. The van der Waals surface area contributed by atoms with E-state index in [0.717, 1.165) is 35.5 Å². The van der Waals surface area contributed by atoms with Crippen LogP contribution in [0, 0.1) is 6.92 Å². The van der Waals surface area contributed by atoms with Crippen molar-refractivity contribution in [2.75, 3.05) is 39.3 Å². The Labute approximate surface area is 178 Å². The summed E-state index contributed by atoms with van der Waals surface area (Å²) in [5.74, 6) is 1.27. The van der Waals surface area contributed by atoms with Gasteiger partial charge >= 0.3 is 0 Å². The topological polar surface area (TPSA) is 54.0 Å². The molecule has 2 saturated heterocycles. The number of benzene rings is 2. The Morgan fingerprint density at radius 2 is 1.83 bits per heavy atom. The third kappa shape index (κ3) is 3.72. The zero-order chi connectivity index (χ0) is 21.4. The summed E-state index contributed by atoms with van der Waals surface area (Å²) in [7, 11) is 5.43. The number of anilines is 1. The van der Waals surface area contributed by atoms with Gasteiger partial charge in [0.1, 0.15) is 0 Å². The number of fused-ring (bicyclic) bond motifs is 2. The van der Waals surface area contributed by atoms with Crippen LogP contribution in [-0.4, -0.2) is 57.2 Å². The molecular weight excluding hydrogens is 378 g/mol. The van der Waals surface area contributed by atoms with Crippen LogP contribution >= 0.6 is 0 Å². The maximum atomic E-state index is 13.1. The standard InChI is InChI=1S/C24H31N3O3/c1-15-6-8-18(27-14-19-11-20(27)13-26(19)3)12-21(15)24(28)25-16(2)17-7-9-22(29-4)23(10-17)30-5/h6-10,12,16,19-20H,11,13-14H2,1-5H3,(H,25,28)/t16-,19-,20-/m1/s1. The lowest BCUT2D eigenvalue weighted by Gasteiger charge is -2.34. The van der Waals surface area contributed by atoms with Crippen molar-refractivity contribution in [3.05, 3.63) is 53.1 Å². The van der Waals surface area contributed by atoms with E-state index in [9.17, 15) is 4.79 Å². The van der Waals surface area contributed by atoms with Crippen molar-refractivity contribution in [2.24, 2.45) is 0 Å². The minimum absolute atomic E-state index is 0.0573. The molecule has 2 bridgehead atoms. The minimum Gasteiger partial charge on any atom is -0.493 e. The molecule has 0 saturated carbocycles. The lowest BCUT2D eigenvalue weighted by atomic mass is 10.0. The number of aryl methyl sites for hydroxylation is 1. The van der Waals surface area contributed by atoms with Gasteiger partial charge in [-0.05, 0) is 62.7 Å². The summed E-state index contributed by atoms with van der Waals surface area (Å²) in [6.07, 6.45) is 1.21. The second kappa shape index (κ2) is 8.19. The number of carbonyl (C=O) groups excluding carboxylic acids is 1. The molecule has 3 atom stereocenters. The van der Waals surface area contributed by atoms with Gasteiger partial charge in [-0.15, -0.1) is 0 Å². The molecule has 0 unspecified atom stereocenters. The van der Waals surface area contributed by atoms with Crippen LogP contribution in [-0.2, 0) is 0 Å². The normalized spacial score (nSPS) is 21.6. The third-order valence-electron chi connectivity index (χ3n) is 6.57. The first-order valence-corrected chi connectivity index (χ1v) is 10.5. The van der Waals surface area contributed by atoms with E-state index in [-0.39, 0.29) is 11.9 Å². The number of likely N-dealkylation sites (tertiary alicyclic amines) is 1. The van der Waals surface area contributed by atoms with E-state index in [1.807, 2.05) is 38.1 Å². The molecule has 30 heavy (non-hydrogen) atoms. The zero-order valence-electron chi connectivity index (χ0n) is 18.4. The van der Waals surface area contributed by atoms with Crippen LogP contribution in [0.5, 0.6) is 11.5 Å². The highest BCUT2D eigenvalue weighted by molar-refractivity contribution is 5.97. The van der Waals surface area contributed by atoms with Crippen LogP contribution in [0.15, 0.2) is 36.4 Å². The lowest BCUT2D eigenvalue weighted by molar-refractivity contribution is 0.0939. The largest absolute Gasteiger partial charge is 0.493 e. The number of likely N-dealkylation sites (N-methyl/N-ethyl adjacent to an activating group) is 1. The fourth-order valence-corrected chi connectivity index (χ4v) is 4.70. The second-order valence-electron chi connectivity index (χ2n) is 8.44. The molecule has 160 valence electrons. The van der Waals surface area contributed by atoms with Gasteiger partial charge in [0.25, 0.3) is 5.91 Å². The number of methoxy groups -OCH3 is 2. The predicted molar refractivity (Wildman–Crippen MR) is 119 cm³/mol. The highest BCUT2D eigenvalue weighted by Crippen LogP contribution is 2.34. The molecule has 2 aliphatic heterocycles. The molecule has 0 spiro atoms. The van der Waals surface area contributed by atoms with E-state index in [0.29, 0.717) is 23.6 Å². The fourth-order valence-electron chi connectivity index (χ4n) is 4.70. The number of hydrogen-bond acceptors (Lipinski definition) is 5. The summed E-state index contributed by atoms with van der Waals surface area (Å²) < 4.78 is 10.7. The average molecular weight is 410 g/mol. The molecular formula is C24H31N3O3. The Kier molecular flexibility index (Phi) is 5.60. The SMILES string of the molecule is COc1ccc([C@@H](C)NC(=O)c2cc(N3C[C@H]4C[C@@H]3CN4C)ccc2C)cc1OC. The summed E-state index contributed by atoms with van der Waals surface area (Å²) in [4.78, 5) is 18.0. The number of carbonyl (C=O) groups is 1. The molecule has 2 heterocycles. The van der Waals surface area contributed by atoms with Crippen LogP contribution in [0.4, 0.5) is 5.69 Å². The van der Waals surface area contributed by atoms with E-state index in [1.54, 1.807) is 14.2 Å². The lowest BCUT2D eigenvalue weighted by Crippen LogP contribution is -2.44. The molecule has 2 aromatic carbocycles. The van der Waals surface area contributed by atoms with Gasteiger partial charge in [0.05, 0.1) is 20.3 Å². The van der Waals surface area contributed by atoms with Crippen LogP contribution in [0.3, 0.4) is 0 Å². The van der Waals surface area contributed by atoms with Gasteiger partial charge in [-0.3, -0.25) is 9.69 Å². The number of ether oxygens (including phenoxy) is 2. The summed E-state index contributed by atoms with van der Waals surface area (Å²) >= 11 is 0. The monoisotopic (exact) mass is 409 g/mol. The summed E-state index contributed by atoms with van der Waals surface area (Å²) in [6, 6.07) is 13.0. The average Bonchev–Trinajstić information content (AvgIpc) is 3.33. The number of amides is 1. The van der Waals surface area contributed by atoms with Gasteiger partial charge in [0.15, 0.2) is 11.5 Å². The first kappa shape index (κ1) is 20.5. The summed E-state index contributed by atoms with van der Waals surface area (Å²) in [6.45, 7) is 6.10. The van der Waals surface area contributed by atoms with Crippen LogP contribution < -0.4 is 19.7 Å². The highest BCUT2D eigenvalue weighted by Gasteiger charge is 2.41. The Morgan fingerprint density at radius 3 is 2.47 bits per heavy atom. The molecule has 2 aliphatic rings. The molecule has 0 radical (unpaired) electrons. The van der Waals surface area contributed by atoms with Crippen molar-refractivity contribution in [1.29, 1.82) is 0 Å². The van der Waals surface area contributed by atoms with Gasteiger partial charge < -0.3 is 19.7 Å². The molecule has 2 fully saturated rings. The second-order valence-corrected chi connectivity index (χ2v) is 8.44.